The molecule has 2 aromatic rings. The van der Waals surface area contributed by atoms with Crippen LogP contribution in [0.4, 0.5) is 10.2 Å². The van der Waals surface area contributed by atoms with Crippen molar-refractivity contribution in [1.29, 1.82) is 0 Å². The van der Waals surface area contributed by atoms with E-state index in [0.29, 0.717) is 5.56 Å². The van der Waals surface area contributed by atoms with E-state index >= 15 is 0 Å². The Morgan fingerprint density at radius 1 is 1.13 bits per heavy atom. The lowest BCUT2D eigenvalue weighted by atomic mass is 10.1. The smallest absolute Gasteiger partial charge is 0.191 e. The van der Waals surface area contributed by atoms with Gasteiger partial charge in [0.05, 0.1) is 0 Å². The maximum atomic E-state index is 13.5. The number of benzene rings is 1. The first-order valence-electron chi connectivity index (χ1n) is 4.20. The minimum absolute atomic E-state index is 0.136. The van der Waals surface area contributed by atoms with Gasteiger partial charge in [0.1, 0.15) is 12.0 Å². The molecule has 1 aromatic heterocycles. The number of hydrogen-bond donors (Lipinski definition) is 1. The van der Waals surface area contributed by atoms with E-state index in [-0.39, 0.29) is 11.5 Å². The maximum Gasteiger partial charge on any atom is 0.191 e. The first kappa shape index (κ1) is 10.0. The zero-order chi connectivity index (χ0) is 10.8. The highest BCUT2D eigenvalue weighted by Crippen LogP contribution is 2.23. The van der Waals surface area contributed by atoms with Crippen LogP contribution in [0.2, 0.25) is 0 Å². The standard InChI is InChI=1S/C10H7BrFN3/c11-7-3-1-6(2-4-7)9-8(12)10(13)15-5-14-9/h1-5H,(H2,13,14,15). The molecule has 0 fully saturated rings. The van der Waals surface area contributed by atoms with Gasteiger partial charge in [-0.15, -0.1) is 0 Å². The molecule has 0 unspecified atom stereocenters. The van der Waals surface area contributed by atoms with Gasteiger partial charge in [0, 0.05) is 10.0 Å². The fourth-order valence-electron chi connectivity index (χ4n) is 1.19. The number of rotatable bonds is 1. The van der Waals surface area contributed by atoms with Gasteiger partial charge in [-0.05, 0) is 12.1 Å². The van der Waals surface area contributed by atoms with Crippen molar-refractivity contribution in [3.05, 3.63) is 40.9 Å². The Morgan fingerprint density at radius 3 is 2.47 bits per heavy atom. The van der Waals surface area contributed by atoms with Gasteiger partial charge in [0.2, 0.25) is 0 Å². The molecule has 0 saturated carbocycles. The molecule has 0 saturated heterocycles. The van der Waals surface area contributed by atoms with E-state index in [1.165, 1.54) is 6.33 Å². The molecule has 0 aliphatic heterocycles. The summed E-state index contributed by atoms with van der Waals surface area (Å²) < 4.78 is 14.5. The molecule has 0 radical (unpaired) electrons. The summed E-state index contributed by atoms with van der Waals surface area (Å²) in [6.45, 7) is 0. The Bertz CT molecular complexity index is 485. The van der Waals surface area contributed by atoms with Crippen molar-refractivity contribution in [3.8, 4) is 11.3 Å². The van der Waals surface area contributed by atoms with Gasteiger partial charge >= 0.3 is 0 Å². The van der Waals surface area contributed by atoms with Crippen molar-refractivity contribution in [2.24, 2.45) is 0 Å². The molecular formula is C10H7BrFN3. The fraction of sp³-hybridized carbons (Fsp3) is 0. The Labute approximate surface area is 94.3 Å². The SMILES string of the molecule is Nc1ncnc(-c2ccc(Br)cc2)c1F. The lowest BCUT2D eigenvalue weighted by molar-refractivity contribution is 0.624. The van der Waals surface area contributed by atoms with Gasteiger partial charge in [-0.1, -0.05) is 28.1 Å². The zero-order valence-electron chi connectivity index (χ0n) is 7.61. The number of nitrogens with zero attached hydrogens (tertiary/aromatic N) is 2. The number of aromatic nitrogens is 2. The predicted molar refractivity (Wildman–Crippen MR) is 59.5 cm³/mol. The van der Waals surface area contributed by atoms with Crippen LogP contribution in [0, 0.1) is 5.82 Å². The van der Waals surface area contributed by atoms with Crippen LogP contribution < -0.4 is 5.73 Å². The third kappa shape index (κ3) is 1.97. The number of nitrogens with two attached hydrogens (primary N) is 1. The number of halogens is 2. The topological polar surface area (TPSA) is 51.8 Å². The molecule has 0 amide bonds. The summed E-state index contributed by atoms with van der Waals surface area (Å²) in [6.07, 6.45) is 1.25. The Hall–Kier alpha value is -1.49. The molecule has 0 bridgehead atoms. The summed E-state index contributed by atoms with van der Waals surface area (Å²) in [6, 6.07) is 7.14. The number of nitrogen functional groups attached to an aromatic ring is 1. The van der Waals surface area contributed by atoms with Crippen LogP contribution in [0.15, 0.2) is 35.1 Å². The quantitative estimate of drug-likeness (QED) is 0.864. The van der Waals surface area contributed by atoms with Gasteiger partial charge in [0.25, 0.3) is 0 Å². The Balaban J connectivity index is 2.54. The molecule has 2 N–H and O–H groups in total. The first-order chi connectivity index (χ1) is 7.18. The number of anilines is 1. The van der Waals surface area contributed by atoms with Crippen LogP contribution in [0.3, 0.4) is 0 Å². The Kier molecular flexibility index (Phi) is 2.64. The molecule has 0 aliphatic rings. The number of hydrogen-bond acceptors (Lipinski definition) is 3. The van der Waals surface area contributed by atoms with Gasteiger partial charge in [-0.3, -0.25) is 0 Å². The van der Waals surface area contributed by atoms with Gasteiger partial charge in [-0.25, -0.2) is 14.4 Å². The second kappa shape index (κ2) is 3.94. The average Bonchev–Trinajstić information content (AvgIpc) is 2.24. The van der Waals surface area contributed by atoms with E-state index in [4.69, 9.17) is 5.73 Å². The van der Waals surface area contributed by atoms with Crippen molar-refractivity contribution >= 4 is 21.7 Å². The van der Waals surface area contributed by atoms with E-state index in [1.54, 1.807) is 12.1 Å². The molecule has 0 atom stereocenters. The van der Waals surface area contributed by atoms with Crippen LogP contribution >= 0.6 is 15.9 Å². The molecule has 1 heterocycles. The van der Waals surface area contributed by atoms with Gasteiger partial charge in [-0.2, -0.15) is 0 Å². The minimum atomic E-state index is -0.583. The molecule has 1 aromatic carbocycles. The van der Waals surface area contributed by atoms with Gasteiger partial charge in [0.15, 0.2) is 11.6 Å². The fourth-order valence-corrected chi connectivity index (χ4v) is 1.46. The lowest BCUT2D eigenvalue weighted by Gasteiger charge is -2.03. The van der Waals surface area contributed by atoms with E-state index in [9.17, 15) is 4.39 Å². The summed E-state index contributed by atoms with van der Waals surface area (Å²) in [5.74, 6) is -0.720. The minimum Gasteiger partial charge on any atom is -0.381 e. The van der Waals surface area contributed by atoms with Crippen LogP contribution in [0.25, 0.3) is 11.3 Å². The van der Waals surface area contributed by atoms with E-state index in [1.807, 2.05) is 12.1 Å². The van der Waals surface area contributed by atoms with Crippen LogP contribution in [-0.4, -0.2) is 9.97 Å². The highest BCUT2D eigenvalue weighted by Gasteiger charge is 2.09. The molecule has 3 nitrogen and oxygen atoms in total. The molecule has 15 heavy (non-hydrogen) atoms. The third-order valence-corrected chi connectivity index (χ3v) is 2.46. The summed E-state index contributed by atoms with van der Waals surface area (Å²) in [7, 11) is 0. The predicted octanol–water partition coefficient (Wildman–Crippen LogP) is 2.63. The van der Waals surface area contributed by atoms with Crippen molar-refractivity contribution in [1.82, 2.24) is 9.97 Å². The molecule has 2 rings (SSSR count). The van der Waals surface area contributed by atoms with E-state index in [2.05, 4.69) is 25.9 Å². The van der Waals surface area contributed by atoms with E-state index in [0.717, 1.165) is 4.47 Å². The summed E-state index contributed by atoms with van der Waals surface area (Å²) in [4.78, 5) is 7.42. The molecule has 76 valence electrons. The second-order valence-corrected chi connectivity index (χ2v) is 3.84. The second-order valence-electron chi connectivity index (χ2n) is 2.93. The van der Waals surface area contributed by atoms with Crippen molar-refractivity contribution in [3.63, 3.8) is 0 Å². The maximum absolute atomic E-state index is 13.5. The summed E-state index contributed by atoms with van der Waals surface area (Å²) in [5, 5.41) is 0. The molecule has 0 aliphatic carbocycles. The van der Waals surface area contributed by atoms with Crippen LogP contribution in [0.1, 0.15) is 0 Å². The van der Waals surface area contributed by atoms with Crippen molar-refractivity contribution < 1.29 is 4.39 Å². The lowest BCUT2D eigenvalue weighted by Crippen LogP contribution is -1.99. The highest BCUT2D eigenvalue weighted by molar-refractivity contribution is 9.10. The normalized spacial score (nSPS) is 10.3. The van der Waals surface area contributed by atoms with Crippen LogP contribution in [-0.2, 0) is 0 Å². The zero-order valence-corrected chi connectivity index (χ0v) is 9.20. The Morgan fingerprint density at radius 2 is 1.80 bits per heavy atom. The molecular weight excluding hydrogens is 261 g/mol. The molecule has 0 spiro atoms. The van der Waals surface area contributed by atoms with Crippen LogP contribution in [0.5, 0.6) is 0 Å². The monoisotopic (exact) mass is 267 g/mol. The van der Waals surface area contributed by atoms with Gasteiger partial charge < -0.3 is 5.73 Å². The first-order valence-corrected chi connectivity index (χ1v) is 4.99. The van der Waals surface area contributed by atoms with E-state index < -0.39 is 5.82 Å². The largest absolute Gasteiger partial charge is 0.381 e. The average molecular weight is 268 g/mol. The summed E-state index contributed by atoms with van der Waals surface area (Å²) in [5.41, 5.74) is 6.24. The third-order valence-electron chi connectivity index (χ3n) is 1.93. The van der Waals surface area contributed by atoms with Crippen molar-refractivity contribution in [2.45, 2.75) is 0 Å². The summed E-state index contributed by atoms with van der Waals surface area (Å²) >= 11 is 3.30. The van der Waals surface area contributed by atoms with Crippen molar-refractivity contribution in [2.75, 3.05) is 5.73 Å². The highest BCUT2D eigenvalue weighted by atomic mass is 79.9. The molecule has 5 heteroatoms.